The van der Waals surface area contributed by atoms with Gasteiger partial charge in [0.25, 0.3) is 0 Å². The van der Waals surface area contributed by atoms with Crippen molar-refractivity contribution < 1.29 is 4.79 Å². The molecule has 0 saturated carbocycles. The zero-order chi connectivity index (χ0) is 14.9. The largest absolute Gasteiger partial charge is 0.352 e. The summed E-state index contributed by atoms with van der Waals surface area (Å²) in [6.45, 7) is 2.63. The van der Waals surface area contributed by atoms with Gasteiger partial charge in [0.2, 0.25) is 5.91 Å². The minimum Gasteiger partial charge on any atom is -0.352 e. The summed E-state index contributed by atoms with van der Waals surface area (Å²) in [5.74, 6) is 1.09. The second-order valence-corrected chi connectivity index (χ2v) is 6.60. The molecule has 0 bridgehead atoms. The minimum absolute atomic E-state index is 0. The standard InChI is InChI=1S/C16H21ClN2OS.ClH/c17-14-3-5-15(6-4-14)21-11-1-2-16(20)19-12-13-7-9-18-10-8-13;/h3-7,18H,1-2,8-12H2,(H,19,20);1H. The number of nitrogens with one attached hydrogen (secondary N) is 2. The Balaban J connectivity index is 0.00000242. The van der Waals surface area contributed by atoms with E-state index in [4.69, 9.17) is 11.6 Å². The van der Waals surface area contributed by atoms with Crippen molar-refractivity contribution in [2.24, 2.45) is 0 Å². The molecule has 122 valence electrons. The number of carbonyl (C=O) groups excluding carboxylic acids is 1. The Hall–Kier alpha value is -0.680. The average Bonchev–Trinajstić information content (AvgIpc) is 2.52. The highest BCUT2D eigenvalue weighted by molar-refractivity contribution is 7.99. The van der Waals surface area contributed by atoms with E-state index in [1.807, 2.05) is 24.3 Å². The molecule has 0 radical (unpaired) electrons. The van der Waals surface area contributed by atoms with Gasteiger partial charge in [-0.1, -0.05) is 23.3 Å². The molecule has 0 aliphatic carbocycles. The van der Waals surface area contributed by atoms with Crippen molar-refractivity contribution in [1.29, 1.82) is 0 Å². The topological polar surface area (TPSA) is 41.1 Å². The molecule has 0 atom stereocenters. The maximum absolute atomic E-state index is 11.8. The Morgan fingerprint density at radius 1 is 1.32 bits per heavy atom. The number of hydrogen-bond acceptors (Lipinski definition) is 3. The second-order valence-electron chi connectivity index (χ2n) is 5.00. The van der Waals surface area contributed by atoms with E-state index < -0.39 is 0 Å². The number of thioether (sulfide) groups is 1. The molecular weight excluding hydrogens is 339 g/mol. The molecular formula is C16H22Cl2N2OS. The van der Waals surface area contributed by atoms with Gasteiger partial charge in [0.05, 0.1) is 0 Å². The first-order valence-electron chi connectivity index (χ1n) is 7.28. The highest BCUT2D eigenvalue weighted by atomic mass is 35.5. The molecule has 1 heterocycles. The summed E-state index contributed by atoms with van der Waals surface area (Å²) in [5, 5.41) is 7.02. The number of benzene rings is 1. The van der Waals surface area contributed by atoms with E-state index >= 15 is 0 Å². The van der Waals surface area contributed by atoms with Crippen LogP contribution in [0.5, 0.6) is 0 Å². The molecule has 6 heteroatoms. The molecule has 0 spiro atoms. The Bertz CT molecular complexity index is 491. The first-order valence-corrected chi connectivity index (χ1v) is 8.64. The third kappa shape index (κ3) is 7.54. The summed E-state index contributed by atoms with van der Waals surface area (Å²) in [6.07, 6.45) is 4.68. The third-order valence-corrected chi connectivity index (χ3v) is 4.65. The quantitative estimate of drug-likeness (QED) is 0.442. The van der Waals surface area contributed by atoms with Crippen LogP contribution in [0.1, 0.15) is 19.3 Å². The van der Waals surface area contributed by atoms with Gasteiger partial charge in [-0.2, -0.15) is 0 Å². The maximum Gasteiger partial charge on any atom is 0.220 e. The van der Waals surface area contributed by atoms with Gasteiger partial charge in [0.1, 0.15) is 0 Å². The SMILES string of the molecule is Cl.O=C(CCCSc1ccc(Cl)cc1)NCC1=CCNCC1. The lowest BCUT2D eigenvalue weighted by Gasteiger charge is -2.14. The highest BCUT2D eigenvalue weighted by Gasteiger charge is 2.05. The summed E-state index contributed by atoms with van der Waals surface area (Å²) in [6, 6.07) is 7.81. The van der Waals surface area contributed by atoms with Crippen LogP contribution in [0.3, 0.4) is 0 Å². The van der Waals surface area contributed by atoms with E-state index in [2.05, 4.69) is 16.7 Å². The lowest BCUT2D eigenvalue weighted by molar-refractivity contribution is -0.120. The monoisotopic (exact) mass is 360 g/mol. The summed E-state index contributed by atoms with van der Waals surface area (Å²) in [5.41, 5.74) is 1.33. The highest BCUT2D eigenvalue weighted by Crippen LogP contribution is 2.21. The fraction of sp³-hybridized carbons (Fsp3) is 0.438. The molecule has 2 N–H and O–H groups in total. The van der Waals surface area contributed by atoms with E-state index in [0.29, 0.717) is 13.0 Å². The Labute approximate surface area is 147 Å². The van der Waals surface area contributed by atoms with Crippen LogP contribution in [0.2, 0.25) is 5.02 Å². The summed E-state index contributed by atoms with van der Waals surface area (Å²) >= 11 is 7.60. The molecule has 22 heavy (non-hydrogen) atoms. The zero-order valence-corrected chi connectivity index (χ0v) is 14.8. The van der Waals surface area contributed by atoms with Crippen molar-refractivity contribution >= 4 is 41.7 Å². The summed E-state index contributed by atoms with van der Waals surface area (Å²) in [7, 11) is 0. The predicted octanol–water partition coefficient (Wildman–Crippen LogP) is 3.67. The number of amides is 1. The minimum atomic E-state index is 0. The Morgan fingerprint density at radius 2 is 2.09 bits per heavy atom. The van der Waals surface area contributed by atoms with Gasteiger partial charge in [0, 0.05) is 29.4 Å². The molecule has 1 aliphatic heterocycles. The maximum atomic E-state index is 11.8. The molecule has 2 rings (SSSR count). The molecule has 1 aliphatic rings. The molecule has 3 nitrogen and oxygen atoms in total. The van der Waals surface area contributed by atoms with Crippen molar-refractivity contribution in [1.82, 2.24) is 10.6 Å². The molecule has 0 saturated heterocycles. The lowest BCUT2D eigenvalue weighted by Crippen LogP contribution is -2.29. The van der Waals surface area contributed by atoms with E-state index in [0.717, 1.165) is 36.7 Å². The fourth-order valence-corrected chi connectivity index (χ4v) is 3.06. The summed E-state index contributed by atoms with van der Waals surface area (Å²) in [4.78, 5) is 13.0. The normalized spacial score (nSPS) is 14.0. The molecule has 1 aromatic carbocycles. The van der Waals surface area contributed by atoms with Crippen LogP contribution in [-0.4, -0.2) is 31.3 Å². The Kier molecular flexibility index (Phi) is 9.64. The van der Waals surface area contributed by atoms with Gasteiger partial charge in [-0.05, 0) is 49.4 Å². The zero-order valence-electron chi connectivity index (χ0n) is 12.4. The third-order valence-electron chi connectivity index (χ3n) is 3.30. The first kappa shape index (κ1) is 19.4. The van der Waals surface area contributed by atoms with Gasteiger partial charge in [-0.15, -0.1) is 24.2 Å². The predicted molar refractivity (Wildman–Crippen MR) is 97.2 cm³/mol. The average molecular weight is 361 g/mol. The van der Waals surface area contributed by atoms with Crippen LogP contribution in [0.25, 0.3) is 0 Å². The van der Waals surface area contributed by atoms with Crippen molar-refractivity contribution in [3.63, 3.8) is 0 Å². The van der Waals surface area contributed by atoms with Crippen LogP contribution in [-0.2, 0) is 4.79 Å². The van der Waals surface area contributed by atoms with Crippen LogP contribution >= 0.6 is 35.8 Å². The molecule has 0 fully saturated rings. The van der Waals surface area contributed by atoms with Crippen LogP contribution in [0.15, 0.2) is 40.8 Å². The van der Waals surface area contributed by atoms with Crippen LogP contribution < -0.4 is 10.6 Å². The van der Waals surface area contributed by atoms with Crippen molar-refractivity contribution in [2.75, 3.05) is 25.4 Å². The Morgan fingerprint density at radius 3 is 2.77 bits per heavy atom. The van der Waals surface area contributed by atoms with E-state index in [9.17, 15) is 4.79 Å². The lowest BCUT2D eigenvalue weighted by atomic mass is 10.1. The number of halogens is 2. The van der Waals surface area contributed by atoms with Crippen LogP contribution in [0.4, 0.5) is 0 Å². The second kappa shape index (κ2) is 10.9. The van der Waals surface area contributed by atoms with Crippen molar-refractivity contribution in [2.45, 2.75) is 24.2 Å². The molecule has 1 amide bonds. The van der Waals surface area contributed by atoms with Gasteiger partial charge in [-0.3, -0.25) is 4.79 Å². The van der Waals surface area contributed by atoms with Gasteiger partial charge in [-0.25, -0.2) is 0 Å². The van der Waals surface area contributed by atoms with Crippen molar-refractivity contribution in [3.05, 3.63) is 40.9 Å². The molecule has 1 aromatic rings. The number of hydrogen-bond donors (Lipinski definition) is 2. The van der Waals surface area contributed by atoms with E-state index in [1.54, 1.807) is 11.8 Å². The summed E-state index contributed by atoms with van der Waals surface area (Å²) < 4.78 is 0. The number of rotatable bonds is 7. The molecule has 0 unspecified atom stereocenters. The van der Waals surface area contributed by atoms with Crippen molar-refractivity contribution in [3.8, 4) is 0 Å². The van der Waals surface area contributed by atoms with E-state index in [1.165, 1.54) is 10.5 Å². The van der Waals surface area contributed by atoms with Gasteiger partial charge in [0.15, 0.2) is 0 Å². The molecule has 0 aromatic heterocycles. The van der Waals surface area contributed by atoms with E-state index in [-0.39, 0.29) is 18.3 Å². The van der Waals surface area contributed by atoms with Gasteiger partial charge < -0.3 is 10.6 Å². The van der Waals surface area contributed by atoms with Crippen LogP contribution in [0, 0.1) is 0 Å². The van der Waals surface area contributed by atoms with Gasteiger partial charge >= 0.3 is 0 Å². The fourth-order valence-electron chi connectivity index (χ4n) is 2.08. The first-order chi connectivity index (χ1) is 10.2. The number of carbonyl (C=O) groups is 1. The smallest absolute Gasteiger partial charge is 0.220 e.